The molecule has 0 saturated heterocycles. The molecule has 3 nitrogen and oxygen atoms in total. The molecule has 0 radical (unpaired) electrons. The minimum Gasteiger partial charge on any atom is -0.399 e. The highest BCUT2D eigenvalue weighted by Crippen LogP contribution is 2.17. The smallest absolute Gasteiger partial charge is 0.0536 e. The lowest BCUT2D eigenvalue weighted by atomic mass is 10.2. The fourth-order valence-electron chi connectivity index (χ4n) is 1.78. The number of nitrogens with zero attached hydrogens (tertiary/aromatic N) is 1. The Balaban J connectivity index is 2.04. The maximum atomic E-state index is 12.2. The number of anilines is 1. The van der Waals surface area contributed by atoms with Gasteiger partial charge in [-0.15, -0.1) is 0 Å². The van der Waals surface area contributed by atoms with Gasteiger partial charge in [0.2, 0.25) is 0 Å². The first-order valence-corrected chi connectivity index (χ1v) is 7.13. The summed E-state index contributed by atoms with van der Waals surface area (Å²) in [5.74, 6) is 0.585. The summed E-state index contributed by atoms with van der Waals surface area (Å²) >= 11 is 0. The zero-order chi connectivity index (χ0) is 13.0. The molecule has 0 aliphatic heterocycles. The molecule has 1 aromatic carbocycles. The van der Waals surface area contributed by atoms with Crippen molar-refractivity contribution in [1.82, 2.24) is 4.98 Å². The highest BCUT2D eigenvalue weighted by atomic mass is 32.2. The summed E-state index contributed by atoms with van der Waals surface area (Å²) in [6, 6.07) is 11.3. The van der Waals surface area contributed by atoms with Gasteiger partial charge in [-0.25, -0.2) is 0 Å². The Bertz CT molecular complexity index is 555. The molecule has 1 aromatic heterocycles. The number of aromatic nitrogens is 1. The molecule has 2 aromatic rings. The summed E-state index contributed by atoms with van der Waals surface area (Å²) in [6.45, 7) is 1.93. The van der Waals surface area contributed by atoms with E-state index in [0.717, 1.165) is 22.6 Å². The highest BCUT2D eigenvalue weighted by Gasteiger charge is 2.08. The molecule has 1 atom stereocenters. The molecule has 0 bridgehead atoms. The van der Waals surface area contributed by atoms with Crippen LogP contribution in [0.3, 0.4) is 0 Å². The lowest BCUT2D eigenvalue weighted by Gasteiger charge is -2.06. The second-order valence-electron chi connectivity index (χ2n) is 4.15. The zero-order valence-corrected chi connectivity index (χ0v) is 11.1. The van der Waals surface area contributed by atoms with Gasteiger partial charge in [-0.05, 0) is 42.8 Å². The van der Waals surface area contributed by atoms with Gasteiger partial charge in [0.25, 0.3) is 0 Å². The zero-order valence-electron chi connectivity index (χ0n) is 10.3. The lowest BCUT2D eigenvalue weighted by Crippen LogP contribution is -2.04. The monoisotopic (exact) mass is 260 g/mol. The Morgan fingerprint density at radius 3 is 2.78 bits per heavy atom. The number of rotatable bonds is 4. The molecule has 0 aliphatic rings. The Morgan fingerprint density at radius 1 is 1.28 bits per heavy atom. The van der Waals surface area contributed by atoms with Gasteiger partial charge in [0.1, 0.15) is 0 Å². The predicted octanol–water partition coefficient (Wildman–Crippen LogP) is 2.32. The third-order valence-electron chi connectivity index (χ3n) is 2.71. The molecule has 2 N–H and O–H groups in total. The molecule has 0 saturated carbocycles. The predicted molar refractivity (Wildman–Crippen MR) is 74.8 cm³/mol. The maximum absolute atomic E-state index is 12.2. The second kappa shape index (κ2) is 5.78. The first-order valence-electron chi connectivity index (χ1n) is 5.81. The quantitative estimate of drug-likeness (QED) is 0.858. The SMILES string of the molecule is Cc1cc(N)ccc1S(=O)CCc1ccccn1. The molecule has 0 aliphatic carbocycles. The number of hydrogen-bond acceptors (Lipinski definition) is 3. The van der Waals surface area contributed by atoms with E-state index in [2.05, 4.69) is 4.98 Å². The van der Waals surface area contributed by atoms with E-state index in [4.69, 9.17) is 5.73 Å². The van der Waals surface area contributed by atoms with Crippen molar-refractivity contribution >= 4 is 16.5 Å². The minimum absolute atomic E-state index is 0.585. The molecular formula is C14H16N2OS. The van der Waals surface area contributed by atoms with Crippen molar-refractivity contribution in [3.63, 3.8) is 0 Å². The van der Waals surface area contributed by atoms with E-state index in [0.29, 0.717) is 11.4 Å². The van der Waals surface area contributed by atoms with Crippen molar-refractivity contribution in [2.45, 2.75) is 18.2 Å². The topological polar surface area (TPSA) is 56.0 Å². The van der Waals surface area contributed by atoms with Gasteiger partial charge >= 0.3 is 0 Å². The van der Waals surface area contributed by atoms with E-state index in [1.807, 2.05) is 37.3 Å². The Kier molecular flexibility index (Phi) is 4.10. The van der Waals surface area contributed by atoms with E-state index >= 15 is 0 Å². The third kappa shape index (κ3) is 3.17. The number of benzene rings is 1. The van der Waals surface area contributed by atoms with Gasteiger partial charge in [-0.1, -0.05) is 6.07 Å². The van der Waals surface area contributed by atoms with Crippen LogP contribution in [-0.2, 0) is 17.2 Å². The van der Waals surface area contributed by atoms with Crippen LogP contribution in [0, 0.1) is 6.92 Å². The van der Waals surface area contributed by atoms with Crippen molar-refractivity contribution in [2.75, 3.05) is 11.5 Å². The van der Waals surface area contributed by atoms with Crippen LogP contribution >= 0.6 is 0 Å². The number of nitrogen functional groups attached to an aromatic ring is 1. The molecule has 4 heteroatoms. The van der Waals surface area contributed by atoms with Gasteiger partial charge in [0, 0.05) is 34.6 Å². The van der Waals surface area contributed by atoms with Gasteiger partial charge in [0.05, 0.1) is 10.8 Å². The normalized spacial score (nSPS) is 12.3. The highest BCUT2D eigenvalue weighted by molar-refractivity contribution is 7.85. The molecule has 94 valence electrons. The van der Waals surface area contributed by atoms with Crippen molar-refractivity contribution in [3.8, 4) is 0 Å². The van der Waals surface area contributed by atoms with Crippen molar-refractivity contribution in [2.24, 2.45) is 0 Å². The molecule has 1 heterocycles. The average molecular weight is 260 g/mol. The van der Waals surface area contributed by atoms with E-state index in [-0.39, 0.29) is 0 Å². The Labute approximate surface area is 110 Å². The lowest BCUT2D eigenvalue weighted by molar-refractivity contribution is 0.681. The fourth-order valence-corrected chi connectivity index (χ4v) is 3.03. The van der Waals surface area contributed by atoms with Gasteiger partial charge in [-0.2, -0.15) is 0 Å². The Morgan fingerprint density at radius 2 is 2.11 bits per heavy atom. The van der Waals surface area contributed by atoms with Crippen LogP contribution in [0.25, 0.3) is 0 Å². The summed E-state index contributed by atoms with van der Waals surface area (Å²) in [5.41, 5.74) is 8.34. The van der Waals surface area contributed by atoms with Crippen LogP contribution in [0.4, 0.5) is 5.69 Å². The largest absolute Gasteiger partial charge is 0.399 e. The third-order valence-corrected chi connectivity index (χ3v) is 4.24. The van der Waals surface area contributed by atoms with Crippen LogP contribution in [0.5, 0.6) is 0 Å². The molecule has 0 amide bonds. The van der Waals surface area contributed by atoms with Crippen LogP contribution in [0.2, 0.25) is 0 Å². The molecule has 1 unspecified atom stereocenters. The molecule has 2 rings (SSSR count). The number of pyridine rings is 1. The van der Waals surface area contributed by atoms with E-state index in [1.54, 1.807) is 12.3 Å². The van der Waals surface area contributed by atoms with Crippen LogP contribution < -0.4 is 5.73 Å². The van der Waals surface area contributed by atoms with Crippen molar-refractivity contribution < 1.29 is 4.21 Å². The molecule has 0 fully saturated rings. The Hall–Kier alpha value is -1.68. The molecule has 18 heavy (non-hydrogen) atoms. The van der Waals surface area contributed by atoms with Crippen molar-refractivity contribution in [1.29, 1.82) is 0 Å². The number of nitrogens with two attached hydrogens (primary N) is 1. The summed E-state index contributed by atoms with van der Waals surface area (Å²) in [4.78, 5) is 5.09. The summed E-state index contributed by atoms with van der Waals surface area (Å²) in [6.07, 6.45) is 2.48. The van der Waals surface area contributed by atoms with Crippen LogP contribution in [0.15, 0.2) is 47.5 Å². The molecule has 0 spiro atoms. The van der Waals surface area contributed by atoms with Crippen molar-refractivity contribution in [3.05, 3.63) is 53.9 Å². The standard InChI is InChI=1S/C14H16N2OS/c1-11-10-12(15)5-6-14(11)18(17)9-7-13-4-2-3-8-16-13/h2-6,8,10H,7,9,15H2,1H3. The average Bonchev–Trinajstić information content (AvgIpc) is 2.37. The molecular weight excluding hydrogens is 244 g/mol. The van der Waals surface area contributed by atoms with Gasteiger partial charge in [0.15, 0.2) is 0 Å². The van der Waals surface area contributed by atoms with Crippen LogP contribution in [-0.4, -0.2) is 14.9 Å². The first-order chi connectivity index (χ1) is 8.66. The number of hydrogen-bond donors (Lipinski definition) is 1. The van der Waals surface area contributed by atoms with E-state index in [1.165, 1.54) is 0 Å². The van der Waals surface area contributed by atoms with E-state index < -0.39 is 10.8 Å². The summed E-state index contributed by atoms with van der Waals surface area (Å²) in [7, 11) is -0.999. The summed E-state index contributed by atoms with van der Waals surface area (Å²) < 4.78 is 12.2. The van der Waals surface area contributed by atoms with Gasteiger partial charge < -0.3 is 5.73 Å². The number of aryl methyl sites for hydroxylation is 2. The van der Waals surface area contributed by atoms with Crippen LogP contribution in [0.1, 0.15) is 11.3 Å². The van der Waals surface area contributed by atoms with E-state index in [9.17, 15) is 4.21 Å². The fraction of sp³-hybridized carbons (Fsp3) is 0.214. The summed E-state index contributed by atoms with van der Waals surface area (Å²) in [5, 5.41) is 0. The second-order valence-corrected chi connectivity index (χ2v) is 5.68. The maximum Gasteiger partial charge on any atom is 0.0536 e. The first kappa shape index (κ1) is 12.8. The van der Waals surface area contributed by atoms with Gasteiger partial charge in [-0.3, -0.25) is 9.19 Å². The minimum atomic E-state index is -0.999.